The van der Waals surface area contributed by atoms with Crippen molar-refractivity contribution in [1.29, 1.82) is 0 Å². The largest absolute Gasteiger partial charge is 0.348 e. The molecule has 4 aromatic rings. The van der Waals surface area contributed by atoms with Gasteiger partial charge >= 0.3 is 0 Å². The van der Waals surface area contributed by atoms with Crippen molar-refractivity contribution in [3.8, 4) is 0 Å². The summed E-state index contributed by atoms with van der Waals surface area (Å²) >= 11 is 0. The second kappa shape index (κ2) is 11.7. The van der Waals surface area contributed by atoms with Crippen molar-refractivity contribution in [1.82, 2.24) is 10.3 Å². The average molecular weight is 529 g/mol. The third kappa shape index (κ3) is 6.43. The van der Waals surface area contributed by atoms with Gasteiger partial charge in [0.2, 0.25) is 5.91 Å². The summed E-state index contributed by atoms with van der Waals surface area (Å²) in [6.07, 6.45) is 3.30. The van der Waals surface area contributed by atoms with Crippen molar-refractivity contribution in [2.24, 2.45) is 0 Å². The first kappa shape index (κ1) is 26.6. The van der Waals surface area contributed by atoms with Crippen LogP contribution >= 0.6 is 0 Å². The van der Waals surface area contributed by atoms with Gasteiger partial charge in [0.1, 0.15) is 6.54 Å². The second-order valence-electron chi connectivity index (χ2n) is 8.80. The van der Waals surface area contributed by atoms with Crippen LogP contribution in [0.2, 0.25) is 0 Å². The normalized spacial score (nSPS) is 11.0. The summed E-state index contributed by atoms with van der Waals surface area (Å²) in [5.74, 6) is -0.970. The van der Waals surface area contributed by atoms with Crippen LogP contribution in [-0.4, -0.2) is 31.8 Å². The number of amides is 2. The molecule has 194 valence electrons. The lowest BCUT2D eigenvalue weighted by Gasteiger charge is -2.24. The Labute approximate surface area is 222 Å². The monoisotopic (exact) mass is 528 g/mol. The van der Waals surface area contributed by atoms with Gasteiger partial charge in [-0.05, 0) is 67.4 Å². The van der Waals surface area contributed by atoms with Gasteiger partial charge in [-0.2, -0.15) is 0 Å². The molecular weight excluding hydrogens is 500 g/mol. The van der Waals surface area contributed by atoms with E-state index in [0.29, 0.717) is 5.69 Å². The topological polar surface area (TPSA) is 108 Å². The van der Waals surface area contributed by atoms with E-state index in [-0.39, 0.29) is 28.6 Å². The number of hydrogen-bond donors (Lipinski definition) is 2. The van der Waals surface area contributed by atoms with E-state index in [0.717, 1.165) is 21.0 Å². The molecule has 4 rings (SSSR count). The van der Waals surface area contributed by atoms with E-state index >= 15 is 0 Å². The van der Waals surface area contributed by atoms with Crippen molar-refractivity contribution >= 4 is 33.2 Å². The molecule has 38 heavy (non-hydrogen) atoms. The Balaban J connectivity index is 1.57. The molecule has 9 heteroatoms. The molecule has 8 nitrogen and oxygen atoms in total. The van der Waals surface area contributed by atoms with E-state index in [4.69, 9.17) is 0 Å². The highest BCUT2D eigenvalue weighted by Crippen LogP contribution is 2.25. The van der Waals surface area contributed by atoms with E-state index < -0.39 is 22.5 Å². The minimum atomic E-state index is -4.05. The maximum Gasteiger partial charge on any atom is 0.264 e. The molecule has 0 aliphatic rings. The molecule has 2 amide bonds. The quantitative estimate of drug-likeness (QED) is 0.333. The van der Waals surface area contributed by atoms with Gasteiger partial charge in [0, 0.05) is 18.9 Å². The lowest BCUT2D eigenvalue weighted by atomic mass is 10.1. The number of rotatable bonds is 9. The van der Waals surface area contributed by atoms with Crippen LogP contribution in [0.15, 0.2) is 102 Å². The van der Waals surface area contributed by atoms with Crippen LogP contribution in [0.4, 0.5) is 11.4 Å². The smallest absolute Gasteiger partial charge is 0.264 e. The summed E-state index contributed by atoms with van der Waals surface area (Å²) in [6.45, 7) is 3.50. The molecule has 1 aromatic heterocycles. The van der Waals surface area contributed by atoms with Crippen LogP contribution in [0.1, 0.15) is 27.0 Å². The van der Waals surface area contributed by atoms with E-state index in [2.05, 4.69) is 15.6 Å². The molecule has 2 N–H and O–H groups in total. The summed E-state index contributed by atoms with van der Waals surface area (Å²) in [7, 11) is -4.05. The second-order valence-corrected chi connectivity index (χ2v) is 10.7. The van der Waals surface area contributed by atoms with Gasteiger partial charge in [-0.25, -0.2) is 8.42 Å². The van der Waals surface area contributed by atoms with Crippen molar-refractivity contribution < 1.29 is 18.0 Å². The van der Waals surface area contributed by atoms with Crippen molar-refractivity contribution in [3.05, 3.63) is 120 Å². The molecule has 0 bridgehead atoms. The van der Waals surface area contributed by atoms with Crippen LogP contribution < -0.4 is 14.9 Å². The van der Waals surface area contributed by atoms with Gasteiger partial charge in [0.25, 0.3) is 15.9 Å². The van der Waals surface area contributed by atoms with Gasteiger partial charge in [-0.1, -0.05) is 48.0 Å². The van der Waals surface area contributed by atoms with Gasteiger partial charge in [0.15, 0.2) is 0 Å². The summed E-state index contributed by atoms with van der Waals surface area (Å²) in [6, 6.07) is 23.6. The molecule has 0 fully saturated rings. The number of aryl methyl sites for hydroxylation is 2. The van der Waals surface area contributed by atoms with E-state index in [1.165, 1.54) is 12.1 Å². The Bertz CT molecular complexity index is 1540. The molecule has 0 aliphatic heterocycles. The fourth-order valence-electron chi connectivity index (χ4n) is 3.83. The molecular formula is C29H28N4O4S. The first-order chi connectivity index (χ1) is 18.2. The standard InChI is InChI=1S/C29H28N4O4S/c1-21-12-14-25(15-13-21)38(36,37)33(24-9-5-7-22(2)17-24)20-28(34)32-27-11-4-3-10-26(27)29(35)31-19-23-8-6-16-30-18-23/h3-18H,19-20H2,1-2H3,(H,31,35)(H,32,34). The summed E-state index contributed by atoms with van der Waals surface area (Å²) in [4.78, 5) is 30.2. The maximum absolute atomic E-state index is 13.6. The molecule has 1 heterocycles. The van der Waals surface area contributed by atoms with Gasteiger partial charge < -0.3 is 10.6 Å². The molecule has 0 unspecified atom stereocenters. The number of para-hydroxylation sites is 1. The summed E-state index contributed by atoms with van der Waals surface area (Å²) in [5, 5.41) is 5.53. The highest BCUT2D eigenvalue weighted by atomic mass is 32.2. The van der Waals surface area contributed by atoms with E-state index in [1.54, 1.807) is 73.1 Å². The zero-order chi connectivity index (χ0) is 27.1. The van der Waals surface area contributed by atoms with Crippen LogP contribution in [0, 0.1) is 13.8 Å². The number of benzene rings is 3. The summed E-state index contributed by atoms with van der Waals surface area (Å²) in [5.41, 5.74) is 3.50. The number of aromatic nitrogens is 1. The van der Waals surface area contributed by atoms with Crippen molar-refractivity contribution in [3.63, 3.8) is 0 Å². The zero-order valence-electron chi connectivity index (χ0n) is 21.1. The Hall–Kier alpha value is -4.50. The molecule has 0 saturated carbocycles. The molecule has 3 aromatic carbocycles. The highest BCUT2D eigenvalue weighted by Gasteiger charge is 2.27. The Morgan fingerprint density at radius 2 is 1.63 bits per heavy atom. The fourth-order valence-corrected chi connectivity index (χ4v) is 5.24. The number of pyridine rings is 1. The Morgan fingerprint density at radius 3 is 2.34 bits per heavy atom. The van der Waals surface area contributed by atoms with E-state index in [9.17, 15) is 18.0 Å². The number of nitrogens with zero attached hydrogens (tertiary/aromatic N) is 2. The molecule has 0 radical (unpaired) electrons. The Kier molecular flexibility index (Phi) is 8.18. The predicted molar refractivity (Wildman–Crippen MR) is 147 cm³/mol. The fraction of sp³-hybridized carbons (Fsp3) is 0.138. The number of anilines is 2. The third-order valence-corrected chi connectivity index (χ3v) is 7.60. The van der Waals surface area contributed by atoms with Crippen LogP contribution in [0.3, 0.4) is 0 Å². The first-order valence-corrected chi connectivity index (χ1v) is 13.4. The number of hydrogen-bond acceptors (Lipinski definition) is 5. The van der Waals surface area contributed by atoms with E-state index in [1.807, 2.05) is 26.0 Å². The van der Waals surface area contributed by atoms with Crippen molar-refractivity contribution in [2.75, 3.05) is 16.2 Å². The minimum absolute atomic E-state index is 0.0765. The van der Waals surface area contributed by atoms with Gasteiger partial charge in [-0.15, -0.1) is 0 Å². The maximum atomic E-state index is 13.6. The zero-order valence-corrected chi connectivity index (χ0v) is 21.9. The molecule has 0 aliphatic carbocycles. The average Bonchev–Trinajstić information content (AvgIpc) is 2.91. The molecule has 0 saturated heterocycles. The third-order valence-electron chi connectivity index (χ3n) is 5.81. The summed E-state index contributed by atoms with van der Waals surface area (Å²) < 4.78 is 28.3. The highest BCUT2D eigenvalue weighted by molar-refractivity contribution is 7.92. The van der Waals surface area contributed by atoms with Gasteiger partial charge in [-0.3, -0.25) is 18.9 Å². The number of sulfonamides is 1. The molecule has 0 spiro atoms. The van der Waals surface area contributed by atoms with Gasteiger partial charge in [0.05, 0.1) is 21.8 Å². The van der Waals surface area contributed by atoms with Crippen LogP contribution in [0.25, 0.3) is 0 Å². The number of nitrogens with one attached hydrogen (secondary N) is 2. The lowest BCUT2D eigenvalue weighted by Crippen LogP contribution is -2.38. The SMILES string of the molecule is Cc1ccc(S(=O)(=O)N(CC(=O)Nc2ccccc2C(=O)NCc2cccnc2)c2cccc(C)c2)cc1. The predicted octanol–water partition coefficient (Wildman–Crippen LogP) is 4.46. The number of carbonyl (C=O) groups is 2. The van der Waals surface area contributed by atoms with Crippen LogP contribution in [0.5, 0.6) is 0 Å². The Morgan fingerprint density at radius 1 is 0.868 bits per heavy atom. The molecule has 0 atom stereocenters. The van der Waals surface area contributed by atoms with Crippen LogP contribution in [-0.2, 0) is 21.4 Å². The lowest BCUT2D eigenvalue weighted by molar-refractivity contribution is -0.114. The number of carbonyl (C=O) groups excluding carboxylic acids is 2. The van der Waals surface area contributed by atoms with Crippen molar-refractivity contribution in [2.45, 2.75) is 25.3 Å². The minimum Gasteiger partial charge on any atom is -0.348 e. The first-order valence-electron chi connectivity index (χ1n) is 12.0.